The quantitative estimate of drug-likeness (QED) is 0.694. The van der Waals surface area contributed by atoms with Gasteiger partial charge in [0.15, 0.2) is 0 Å². The largest absolute Gasteiger partial charge is 0.492 e. The Morgan fingerprint density at radius 1 is 1.26 bits per heavy atom. The van der Waals surface area contributed by atoms with Gasteiger partial charge in [0.05, 0.1) is 0 Å². The van der Waals surface area contributed by atoms with E-state index in [9.17, 15) is 0 Å². The Morgan fingerprint density at radius 2 is 2.00 bits per heavy atom. The molecule has 0 aliphatic carbocycles. The molecule has 0 spiro atoms. The minimum Gasteiger partial charge on any atom is -0.492 e. The number of benzene rings is 1. The van der Waals surface area contributed by atoms with Crippen LogP contribution in [0.2, 0.25) is 0 Å². The lowest BCUT2D eigenvalue weighted by molar-refractivity contribution is 0.207. The Balaban J connectivity index is 2.43. The molecular weight excluding hydrogens is 236 g/mol. The molecule has 0 aliphatic rings. The molecule has 19 heavy (non-hydrogen) atoms. The van der Waals surface area contributed by atoms with Crippen molar-refractivity contribution in [3.8, 4) is 5.75 Å². The predicted octanol–water partition coefficient (Wildman–Crippen LogP) is 2.91. The molecule has 0 radical (unpaired) electrons. The van der Waals surface area contributed by atoms with E-state index >= 15 is 0 Å². The van der Waals surface area contributed by atoms with Crippen molar-refractivity contribution in [2.45, 2.75) is 39.8 Å². The van der Waals surface area contributed by atoms with Gasteiger partial charge in [0, 0.05) is 24.7 Å². The minimum absolute atomic E-state index is 0.560. The van der Waals surface area contributed by atoms with E-state index in [4.69, 9.17) is 4.74 Å². The van der Waals surface area contributed by atoms with Crippen molar-refractivity contribution in [2.75, 3.05) is 26.7 Å². The molecule has 0 bridgehead atoms. The molecule has 1 rings (SSSR count). The van der Waals surface area contributed by atoms with Crippen LogP contribution >= 0.6 is 0 Å². The van der Waals surface area contributed by atoms with Gasteiger partial charge in [-0.25, -0.2) is 0 Å². The molecule has 3 nitrogen and oxygen atoms in total. The topological polar surface area (TPSA) is 24.5 Å². The van der Waals surface area contributed by atoms with Crippen molar-refractivity contribution >= 4 is 0 Å². The van der Waals surface area contributed by atoms with Crippen LogP contribution in [0.4, 0.5) is 0 Å². The Morgan fingerprint density at radius 3 is 2.68 bits per heavy atom. The maximum Gasteiger partial charge on any atom is 0.123 e. The highest BCUT2D eigenvalue weighted by atomic mass is 16.5. The third-order valence-corrected chi connectivity index (χ3v) is 3.30. The normalized spacial score (nSPS) is 11.3. The first-order chi connectivity index (χ1) is 9.15. The number of hydrogen-bond donors (Lipinski definition) is 1. The molecule has 0 atom stereocenters. The molecule has 0 unspecified atom stereocenters. The first-order valence-electron chi connectivity index (χ1n) is 7.26. The Bertz CT molecular complexity index is 352. The highest BCUT2D eigenvalue weighted by Crippen LogP contribution is 2.17. The van der Waals surface area contributed by atoms with E-state index in [1.54, 1.807) is 0 Å². The van der Waals surface area contributed by atoms with E-state index in [0.29, 0.717) is 6.04 Å². The number of para-hydroxylation sites is 1. The lowest BCUT2D eigenvalue weighted by Crippen LogP contribution is -2.30. The third kappa shape index (κ3) is 6.08. The monoisotopic (exact) mass is 264 g/mol. The van der Waals surface area contributed by atoms with Gasteiger partial charge >= 0.3 is 0 Å². The number of likely N-dealkylation sites (N-methyl/N-ethyl adjacent to an activating group) is 1. The molecule has 0 saturated carbocycles. The second-order valence-electron chi connectivity index (χ2n) is 5.21. The molecule has 0 aromatic heterocycles. The van der Waals surface area contributed by atoms with E-state index in [1.807, 2.05) is 6.07 Å². The van der Waals surface area contributed by atoms with Crippen LogP contribution in [0.15, 0.2) is 24.3 Å². The lowest BCUT2D eigenvalue weighted by atomic mass is 10.2. The number of ether oxygens (including phenoxy) is 1. The SMILES string of the molecule is CCCNCc1ccccc1OCCN(C)C(C)C. The summed E-state index contributed by atoms with van der Waals surface area (Å²) in [5, 5.41) is 3.42. The zero-order valence-electron chi connectivity index (χ0n) is 12.8. The summed E-state index contributed by atoms with van der Waals surface area (Å²) in [4.78, 5) is 2.29. The Hall–Kier alpha value is -1.06. The van der Waals surface area contributed by atoms with Crippen molar-refractivity contribution < 1.29 is 4.74 Å². The zero-order valence-corrected chi connectivity index (χ0v) is 12.8. The lowest BCUT2D eigenvalue weighted by Gasteiger charge is -2.21. The molecular formula is C16H28N2O. The smallest absolute Gasteiger partial charge is 0.123 e. The van der Waals surface area contributed by atoms with Crippen LogP contribution in [0.5, 0.6) is 5.75 Å². The molecule has 0 saturated heterocycles. The van der Waals surface area contributed by atoms with Gasteiger partial charge in [0.25, 0.3) is 0 Å². The molecule has 0 amide bonds. The second-order valence-corrected chi connectivity index (χ2v) is 5.21. The summed E-state index contributed by atoms with van der Waals surface area (Å²) in [7, 11) is 2.13. The summed E-state index contributed by atoms with van der Waals surface area (Å²) in [6, 6.07) is 8.84. The van der Waals surface area contributed by atoms with Crippen LogP contribution < -0.4 is 10.1 Å². The number of hydrogen-bond acceptors (Lipinski definition) is 3. The van der Waals surface area contributed by atoms with E-state index in [-0.39, 0.29) is 0 Å². The van der Waals surface area contributed by atoms with Gasteiger partial charge in [-0.15, -0.1) is 0 Å². The first kappa shape index (κ1) is 16.0. The van der Waals surface area contributed by atoms with Crippen LogP contribution in [0, 0.1) is 0 Å². The van der Waals surface area contributed by atoms with Gasteiger partial charge < -0.3 is 15.0 Å². The van der Waals surface area contributed by atoms with Crippen molar-refractivity contribution in [3.05, 3.63) is 29.8 Å². The van der Waals surface area contributed by atoms with Crippen LogP contribution in [0.1, 0.15) is 32.8 Å². The Kier molecular flexibility index (Phi) is 7.53. The molecule has 1 aromatic carbocycles. The first-order valence-corrected chi connectivity index (χ1v) is 7.26. The molecule has 1 aromatic rings. The fourth-order valence-electron chi connectivity index (χ4n) is 1.75. The summed E-state index contributed by atoms with van der Waals surface area (Å²) < 4.78 is 5.91. The van der Waals surface area contributed by atoms with Crippen molar-refractivity contribution in [1.82, 2.24) is 10.2 Å². The number of rotatable bonds is 9. The van der Waals surface area contributed by atoms with E-state index < -0.39 is 0 Å². The van der Waals surface area contributed by atoms with Crippen LogP contribution in [0.25, 0.3) is 0 Å². The second kappa shape index (κ2) is 8.94. The molecule has 108 valence electrons. The summed E-state index contributed by atoms with van der Waals surface area (Å²) in [5.74, 6) is 1.00. The highest BCUT2D eigenvalue weighted by molar-refractivity contribution is 5.33. The zero-order chi connectivity index (χ0) is 14.1. The highest BCUT2D eigenvalue weighted by Gasteiger charge is 2.05. The fourth-order valence-corrected chi connectivity index (χ4v) is 1.75. The maximum absolute atomic E-state index is 5.91. The molecule has 0 aliphatic heterocycles. The van der Waals surface area contributed by atoms with Gasteiger partial charge in [-0.3, -0.25) is 0 Å². The summed E-state index contributed by atoms with van der Waals surface area (Å²) in [5.41, 5.74) is 1.24. The fraction of sp³-hybridized carbons (Fsp3) is 0.625. The summed E-state index contributed by atoms with van der Waals surface area (Å²) in [6.45, 7) is 10.2. The van der Waals surface area contributed by atoms with Crippen molar-refractivity contribution in [2.24, 2.45) is 0 Å². The Labute approximate surface area is 118 Å². The molecule has 0 fully saturated rings. The summed E-state index contributed by atoms with van der Waals surface area (Å²) in [6.07, 6.45) is 1.15. The van der Waals surface area contributed by atoms with Crippen molar-refractivity contribution in [3.63, 3.8) is 0 Å². The average molecular weight is 264 g/mol. The van der Waals surface area contributed by atoms with Crippen LogP contribution in [-0.4, -0.2) is 37.7 Å². The molecule has 3 heteroatoms. The van der Waals surface area contributed by atoms with Gasteiger partial charge in [0.2, 0.25) is 0 Å². The standard InChI is InChI=1S/C16H28N2O/c1-5-10-17-13-15-8-6-7-9-16(15)19-12-11-18(4)14(2)3/h6-9,14,17H,5,10-13H2,1-4H3. The van der Waals surface area contributed by atoms with Gasteiger partial charge in [-0.1, -0.05) is 25.1 Å². The predicted molar refractivity (Wildman–Crippen MR) is 81.7 cm³/mol. The van der Waals surface area contributed by atoms with Gasteiger partial charge in [0.1, 0.15) is 12.4 Å². The van der Waals surface area contributed by atoms with Crippen LogP contribution in [0.3, 0.4) is 0 Å². The third-order valence-electron chi connectivity index (χ3n) is 3.30. The van der Waals surface area contributed by atoms with E-state index in [0.717, 1.165) is 38.4 Å². The van der Waals surface area contributed by atoms with E-state index in [1.165, 1.54) is 5.56 Å². The van der Waals surface area contributed by atoms with Crippen LogP contribution in [-0.2, 0) is 6.54 Å². The van der Waals surface area contributed by atoms with Crippen molar-refractivity contribution in [1.29, 1.82) is 0 Å². The molecule has 1 N–H and O–H groups in total. The van der Waals surface area contributed by atoms with E-state index in [2.05, 4.69) is 56.2 Å². The number of nitrogens with one attached hydrogen (secondary N) is 1. The van der Waals surface area contributed by atoms with Gasteiger partial charge in [-0.05, 0) is 39.9 Å². The number of nitrogens with zero attached hydrogens (tertiary/aromatic N) is 1. The minimum atomic E-state index is 0.560. The summed E-state index contributed by atoms with van der Waals surface area (Å²) >= 11 is 0. The average Bonchev–Trinajstić information content (AvgIpc) is 2.40. The molecule has 0 heterocycles. The van der Waals surface area contributed by atoms with Gasteiger partial charge in [-0.2, -0.15) is 0 Å². The maximum atomic E-state index is 5.91.